The van der Waals surface area contributed by atoms with Gasteiger partial charge in [0, 0.05) is 10.7 Å². The summed E-state index contributed by atoms with van der Waals surface area (Å²) < 4.78 is 12.7. The molecule has 0 aliphatic rings. The number of aromatic nitrogens is 1. The van der Waals surface area contributed by atoms with Gasteiger partial charge in [0.2, 0.25) is 0 Å². The van der Waals surface area contributed by atoms with Crippen LogP contribution >= 0.6 is 15.9 Å². The minimum Gasteiger partial charge on any atom is -0.384 e. The molecule has 1 aromatic heterocycles. The first-order valence-electron chi connectivity index (χ1n) is 3.09. The predicted molar refractivity (Wildman–Crippen MR) is 42.9 cm³/mol. The summed E-state index contributed by atoms with van der Waals surface area (Å²) in [7, 11) is 0. The highest BCUT2D eigenvalue weighted by Gasteiger charge is 2.07. The summed E-state index contributed by atoms with van der Waals surface area (Å²) in [6, 6.07) is 3.30. The maximum atomic E-state index is 11.9. The molecule has 4 heteroatoms. The molecule has 1 N–H and O–H groups in total. The summed E-state index contributed by atoms with van der Waals surface area (Å²) in [4.78, 5) is 3.79. The van der Waals surface area contributed by atoms with Crippen LogP contribution in [0.3, 0.4) is 0 Å². The molecule has 0 amide bonds. The number of aliphatic hydroxyl groups excluding tert-OH is 1. The normalized spacial score (nSPS) is 13.0. The lowest BCUT2D eigenvalue weighted by atomic mass is 10.2. The zero-order valence-electron chi connectivity index (χ0n) is 5.67. The molecule has 0 aliphatic heterocycles. The summed E-state index contributed by atoms with van der Waals surface area (Å²) in [5.41, 5.74) is 0.349. The molecule has 1 aromatic rings. The maximum Gasteiger partial charge on any atom is 0.124 e. The van der Waals surface area contributed by atoms with Crippen LogP contribution in [-0.4, -0.2) is 16.8 Å². The van der Waals surface area contributed by atoms with Crippen molar-refractivity contribution in [2.45, 2.75) is 6.10 Å². The predicted octanol–water partition coefficient (Wildman–Crippen LogP) is 1.85. The third kappa shape index (κ3) is 2.24. The third-order valence-corrected chi connectivity index (χ3v) is 1.72. The maximum absolute atomic E-state index is 11.9. The summed E-state index contributed by atoms with van der Waals surface area (Å²) in [6.07, 6.45) is 0.408. The number of alkyl halides is 1. The quantitative estimate of drug-likeness (QED) is 0.824. The Morgan fingerprint density at radius 3 is 3.00 bits per heavy atom. The number of pyridine rings is 1. The Kier molecular flexibility index (Phi) is 2.96. The van der Waals surface area contributed by atoms with E-state index in [4.69, 9.17) is 5.11 Å². The molecule has 0 spiro atoms. The van der Waals surface area contributed by atoms with Gasteiger partial charge in [-0.3, -0.25) is 4.98 Å². The lowest BCUT2D eigenvalue weighted by Crippen LogP contribution is -2.01. The highest BCUT2D eigenvalue weighted by atomic mass is 79.9. The topological polar surface area (TPSA) is 33.1 Å². The van der Waals surface area contributed by atoms with Crippen molar-refractivity contribution in [1.82, 2.24) is 4.98 Å². The summed E-state index contributed by atoms with van der Waals surface area (Å²) in [5.74, 6) is 0. The fourth-order valence-corrected chi connectivity index (χ4v) is 1.04. The number of hydrogen-bond acceptors (Lipinski definition) is 2. The van der Waals surface area contributed by atoms with Gasteiger partial charge in [-0.1, -0.05) is 15.9 Å². The van der Waals surface area contributed by atoms with Crippen LogP contribution in [0.5, 0.6) is 0 Å². The zero-order chi connectivity index (χ0) is 8.27. The van der Waals surface area contributed by atoms with Gasteiger partial charge in [0.15, 0.2) is 0 Å². The van der Waals surface area contributed by atoms with Gasteiger partial charge in [0.25, 0.3) is 0 Å². The van der Waals surface area contributed by atoms with E-state index in [9.17, 15) is 4.39 Å². The smallest absolute Gasteiger partial charge is 0.124 e. The van der Waals surface area contributed by atoms with E-state index in [0.29, 0.717) is 5.69 Å². The second-order valence-electron chi connectivity index (χ2n) is 2.07. The molecule has 0 saturated carbocycles. The number of halogens is 2. The first kappa shape index (κ1) is 8.62. The minimum atomic E-state index is -1.10. The van der Waals surface area contributed by atoms with E-state index in [1.54, 1.807) is 12.1 Å². The molecule has 2 nitrogen and oxygen atoms in total. The molecular weight excluding hydrogens is 213 g/mol. The number of nitrogens with zero attached hydrogens (tertiary/aromatic N) is 1. The number of hydrogen-bond donors (Lipinski definition) is 1. The Morgan fingerprint density at radius 2 is 2.45 bits per heavy atom. The van der Waals surface area contributed by atoms with Crippen LogP contribution in [0.1, 0.15) is 11.8 Å². The first-order chi connectivity index (χ1) is 5.24. The van der Waals surface area contributed by atoms with Gasteiger partial charge in [-0.15, -0.1) is 0 Å². The summed E-state index contributed by atoms with van der Waals surface area (Å²) >= 11 is 3.19. The van der Waals surface area contributed by atoms with Crippen LogP contribution in [0.15, 0.2) is 22.8 Å². The second-order valence-corrected chi connectivity index (χ2v) is 2.98. The van der Waals surface area contributed by atoms with Crippen molar-refractivity contribution in [2.24, 2.45) is 0 Å². The van der Waals surface area contributed by atoms with Gasteiger partial charge in [-0.05, 0) is 12.1 Å². The lowest BCUT2D eigenvalue weighted by molar-refractivity contribution is 0.137. The minimum absolute atomic E-state index is 0.349. The Hall–Kier alpha value is -0.480. The van der Waals surface area contributed by atoms with Crippen molar-refractivity contribution in [3.63, 3.8) is 0 Å². The van der Waals surface area contributed by atoms with E-state index in [1.807, 2.05) is 0 Å². The Labute approximate surface area is 72.2 Å². The molecule has 0 bridgehead atoms. The van der Waals surface area contributed by atoms with Crippen molar-refractivity contribution < 1.29 is 9.50 Å². The van der Waals surface area contributed by atoms with Crippen LogP contribution in [0.2, 0.25) is 0 Å². The number of aliphatic hydroxyl groups is 1. The molecule has 0 aliphatic carbocycles. The van der Waals surface area contributed by atoms with E-state index in [-0.39, 0.29) is 0 Å². The Morgan fingerprint density at radius 1 is 1.73 bits per heavy atom. The van der Waals surface area contributed by atoms with Crippen molar-refractivity contribution >= 4 is 15.9 Å². The standard InChI is InChI=1S/C7H7BrFNO/c8-5-1-2-10-6(3-5)7(11)4-9/h1-3,7,11H,4H2. The van der Waals surface area contributed by atoms with E-state index < -0.39 is 12.8 Å². The van der Waals surface area contributed by atoms with Gasteiger partial charge in [-0.25, -0.2) is 4.39 Å². The van der Waals surface area contributed by atoms with E-state index in [0.717, 1.165) is 4.47 Å². The van der Waals surface area contributed by atoms with Crippen molar-refractivity contribution in [1.29, 1.82) is 0 Å². The first-order valence-corrected chi connectivity index (χ1v) is 3.89. The third-order valence-electron chi connectivity index (χ3n) is 1.23. The Balaban J connectivity index is 2.86. The van der Waals surface area contributed by atoms with Crippen molar-refractivity contribution in [3.8, 4) is 0 Å². The van der Waals surface area contributed by atoms with Crippen LogP contribution in [0, 0.1) is 0 Å². The molecule has 11 heavy (non-hydrogen) atoms. The average Bonchev–Trinajstić information content (AvgIpc) is 2.03. The molecule has 0 saturated heterocycles. The van der Waals surface area contributed by atoms with Gasteiger partial charge in [-0.2, -0.15) is 0 Å². The van der Waals surface area contributed by atoms with E-state index in [2.05, 4.69) is 20.9 Å². The largest absolute Gasteiger partial charge is 0.384 e. The van der Waals surface area contributed by atoms with Crippen LogP contribution in [0.25, 0.3) is 0 Å². The fraction of sp³-hybridized carbons (Fsp3) is 0.286. The highest BCUT2D eigenvalue weighted by Crippen LogP contribution is 2.15. The van der Waals surface area contributed by atoms with Crippen LogP contribution in [-0.2, 0) is 0 Å². The zero-order valence-corrected chi connectivity index (χ0v) is 7.25. The van der Waals surface area contributed by atoms with Gasteiger partial charge in [0.05, 0.1) is 5.69 Å². The molecule has 0 radical (unpaired) electrons. The summed E-state index contributed by atoms with van der Waals surface area (Å²) in [6.45, 7) is -0.802. The molecule has 0 aromatic carbocycles. The van der Waals surface area contributed by atoms with Gasteiger partial charge in [0.1, 0.15) is 12.8 Å². The molecule has 1 unspecified atom stereocenters. The monoisotopic (exact) mass is 219 g/mol. The second kappa shape index (κ2) is 3.78. The molecule has 1 rings (SSSR count). The lowest BCUT2D eigenvalue weighted by Gasteiger charge is -2.03. The molecule has 1 heterocycles. The number of rotatable bonds is 2. The fourth-order valence-electron chi connectivity index (χ4n) is 0.682. The average molecular weight is 220 g/mol. The van der Waals surface area contributed by atoms with Crippen molar-refractivity contribution in [2.75, 3.05) is 6.67 Å². The van der Waals surface area contributed by atoms with E-state index in [1.165, 1.54) is 6.20 Å². The van der Waals surface area contributed by atoms with Crippen LogP contribution < -0.4 is 0 Å². The van der Waals surface area contributed by atoms with Crippen molar-refractivity contribution in [3.05, 3.63) is 28.5 Å². The highest BCUT2D eigenvalue weighted by molar-refractivity contribution is 9.10. The van der Waals surface area contributed by atoms with Gasteiger partial charge < -0.3 is 5.11 Å². The molecule has 60 valence electrons. The summed E-state index contributed by atoms with van der Waals surface area (Å²) in [5, 5.41) is 9.00. The molecule has 0 fully saturated rings. The Bertz CT molecular complexity index is 244. The van der Waals surface area contributed by atoms with Crippen LogP contribution in [0.4, 0.5) is 4.39 Å². The molecular formula is C7H7BrFNO. The van der Waals surface area contributed by atoms with E-state index >= 15 is 0 Å². The SMILES string of the molecule is OC(CF)c1cc(Br)ccn1. The molecule has 1 atom stereocenters. The van der Waals surface area contributed by atoms with Gasteiger partial charge >= 0.3 is 0 Å².